The van der Waals surface area contributed by atoms with Gasteiger partial charge in [0.2, 0.25) is 11.8 Å². The van der Waals surface area contributed by atoms with Crippen LogP contribution in [0.4, 0.5) is 0 Å². The highest BCUT2D eigenvalue weighted by Crippen LogP contribution is 2.60. The zero-order chi connectivity index (χ0) is 20.4. The van der Waals surface area contributed by atoms with Crippen molar-refractivity contribution >= 4 is 11.8 Å². The second kappa shape index (κ2) is 8.47. The standard InChI is InChI=1S/C24H35N3O2/c1-27(2)16-18-5-3-17(4-6-18)15-26-22(28)7-8-25-23(29)24-12-19-9-20(13-24)11-21(10-19)14-24/h3-6,19-21H,7-16H2,1-2H3,(H,25,29)(H,26,28). The van der Waals surface area contributed by atoms with Crippen molar-refractivity contribution in [3.63, 3.8) is 0 Å². The molecule has 5 heteroatoms. The molecule has 4 aliphatic rings. The van der Waals surface area contributed by atoms with E-state index >= 15 is 0 Å². The Labute approximate surface area is 174 Å². The molecule has 2 amide bonds. The van der Waals surface area contributed by atoms with Gasteiger partial charge in [-0.1, -0.05) is 24.3 Å². The van der Waals surface area contributed by atoms with E-state index in [1.54, 1.807) is 0 Å². The van der Waals surface area contributed by atoms with Gasteiger partial charge in [-0.2, -0.15) is 0 Å². The zero-order valence-electron chi connectivity index (χ0n) is 17.9. The summed E-state index contributed by atoms with van der Waals surface area (Å²) in [5, 5.41) is 6.06. The molecule has 2 N–H and O–H groups in total. The lowest BCUT2D eigenvalue weighted by Gasteiger charge is -2.55. The Balaban J connectivity index is 1.18. The molecule has 158 valence electrons. The lowest BCUT2D eigenvalue weighted by molar-refractivity contribution is -0.146. The van der Waals surface area contributed by atoms with Crippen LogP contribution in [0.2, 0.25) is 0 Å². The first-order chi connectivity index (χ1) is 13.9. The molecule has 0 heterocycles. The van der Waals surface area contributed by atoms with Crippen LogP contribution in [0, 0.1) is 23.2 Å². The van der Waals surface area contributed by atoms with E-state index in [9.17, 15) is 9.59 Å². The van der Waals surface area contributed by atoms with E-state index in [0.717, 1.165) is 49.1 Å². The van der Waals surface area contributed by atoms with Crippen molar-refractivity contribution in [2.45, 2.75) is 58.0 Å². The predicted octanol–water partition coefficient (Wildman–Crippen LogP) is 3.09. The van der Waals surface area contributed by atoms with Crippen molar-refractivity contribution in [2.75, 3.05) is 20.6 Å². The Morgan fingerprint density at radius 1 is 0.931 bits per heavy atom. The summed E-state index contributed by atoms with van der Waals surface area (Å²) in [6.07, 6.45) is 7.57. The molecular formula is C24H35N3O2. The first kappa shape index (κ1) is 20.4. The van der Waals surface area contributed by atoms with Crippen molar-refractivity contribution in [1.82, 2.24) is 15.5 Å². The van der Waals surface area contributed by atoms with Gasteiger partial charge >= 0.3 is 0 Å². The van der Waals surface area contributed by atoms with E-state index in [2.05, 4.69) is 53.9 Å². The van der Waals surface area contributed by atoms with Crippen molar-refractivity contribution in [3.05, 3.63) is 35.4 Å². The Morgan fingerprint density at radius 2 is 1.48 bits per heavy atom. The predicted molar refractivity (Wildman–Crippen MR) is 114 cm³/mol. The number of rotatable bonds is 8. The van der Waals surface area contributed by atoms with Gasteiger partial charge in [0, 0.05) is 31.5 Å². The van der Waals surface area contributed by atoms with Gasteiger partial charge in [0.25, 0.3) is 0 Å². The van der Waals surface area contributed by atoms with Crippen LogP contribution in [0.5, 0.6) is 0 Å². The van der Waals surface area contributed by atoms with Crippen LogP contribution in [-0.2, 0) is 22.7 Å². The third kappa shape index (κ3) is 4.82. The smallest absolute Gasteiger partial charge is 0.226 e. The maximum atomic E-state index is 12.9. The maximum absolute atomic E-state index is 12.9. The van der Waals surface area contributed by atoms with Crippen molar-refractivity contribution in [1.29, 1.82) is 0 Å². The summed E-state index contributed by atoms with van der Waals surface area (Å²) in [6, 6.07) is 8.34. The van der Waals surface area contributed by atoms with E-state index in [1.165, 1.54) is 24.8 Å². The molecule has 0 aliphatic heterocycles. The van der Waals surface area contributed by atoms with Gasteiger partial charge in [0.1, 0.15) is 0 Å². The fraction of sp³-hybridized carbons (Fsp3) is 0.667. The van der Waals surface area contributed by atoms with Crippen LogP contribution in [0.3, 0.4) is 0 Å². The van der Waals surface area contributed by atoms with E-state index < -0.39 is 0 Å². The molecule has 0 atom stereocenters. The second-order valence-electron chi connectivity index (χ2n) is 10.0. The molecule has 0 spiro atoms. The number of nitrogens with zero attached hydrogens (tertiary/aromatic N) is 1. The summed E-state index contributed by atoms with van der Waals surface area (Å²) < 4.78 is 0. The van der Waals surface area contributed by atoms with Gasteiger partial charge in [0.05, 0.1) is 0 Å². The van der Waals surface area contributed by atoms with Gasteiger partial charge < -0.3 is 15.5 Å². The summed E-state index contributed by atoms with van der Waals surface area (Å²) in [4.78, 5) is 27.2. The number of nitrogens with one attached hydrogen (secondary N) is 2. The first-order valence-corrected chi connectivity index (χ1v) is 11.2. The molecule has 4 fully saturated rings. The van der Waals surface area contributed by atoms with Gasteiger partial charge in [0.15, 0.2) is 0 Å². The highest BCUT2D eigenvalue weighted by molar-refractivity contribution is 5.84. The van der Waals surface area contributed by atoms with Gasteiger partial charge in [-0.25, -0.2) is 0 Å². The minimum absolute atomic E-state index is 0.00631. The van der Waals surface area contributed by atoms with Crippen LogP contribution in [0.25, 0.3) is 0 Å². The summed E-state index contributed by atoms with van der Waals surface area (Å²) in [7, 11) is 4.10. The summed E-state index contributed by atoms with van der Waals surface area (Å²) in [5.41, 5.74) is 2.23. The highest BCUT2D eigenvalue weighted by Gasteiger charge is 2.54. The van der Waals surface area contributed by atoms with Crippen LogP contribution in [0.15, 0.2) is 24.3 Å². The largest absolute Gasteiger partial charge is 0.355 e. The average molecular weight is 398 g/mol. The molecule has 4 bridgehead atoms. The van der Waals surface area contributed by atoms with Crippen molar-refractivity contribution in [3.8, 4) is 0 Å². The monoisotopic (exact) mass is 397 g/mol. The Hall–Kier alpha value is -1.88. The molecule has 1 aromatic rings. The van der Waals surface area contributed by atoms with Crippen molar-refractivity contribution < 1.29 is 9.59 Å². The van der Waals surface area contributed by atoms with Crippen LogP contribution in [-0.4, -0.2) is 37.4 Å². The number of benzene rings is 1. The zero-order valence-corrected chi connectivity index (χ0v) is 17.9. The van der Waals surface area contributed by atoms with E-state index in [-0.39, 0.29) is 17.2 Å². The Morgan fingerprint density at radius 3 is 2.03 bits per heavy atom. The lowest BCUT2D eigenvalue weighted by Crippen LogP contribution is -2.53. The number of hydrogen-bond donors (Lipinski definition) is 2. The Kier molecular flexibility index (Phi) is 5.95. The second-order valence-corrected chi connectivity index (χ2v) is 10.0. The summed E-state index contributed by atoms with van der Waals surface area (Å²) in [6.45, 7) is 1.88. The van der Waals surface area contributed by atoms with Crippen LogP contribution < -0.4 is 10.6 Å². The SMILES string of the molecule is CN(C)Cc1ccc(CNC(=O)CCNC(=O)C23CC4CC(CC(C4)C2)C3)cc1. The highest BCUT2D eigenvalue weighted by atomic mass is 16.2. The minimum atomic E-state index is -0.125. The number of hydrogen-bond acceptors (Lipinski definition) is 3. The number of carbonyl (C=O) groups excluding carboxylic acids is 2. The van der Waals surface area contributed by atoms with E-state index in [4.69, 9.17) is 0 Å². The third-order valence-electron chi connectivity index (χ3n) is 7.17. The molecule has 5 rings (SSSR count). The lowest BCUT2D eigenvalue weighted by atomic mass is 9.49. The average Bonchev–Trinajstić information content (AvgIpc) is 2.66. The first-order valence-electron chi connectivity index (χ1n) is 11.2. The fourth-order valence-corrected chi connectivity index (χ4v) is 6.28. The summed E-state index contributed by atoms with van der Waals surface area (Å²) in [5.74, 6) is 2.49. The van der Waals surface area contributed by atoms with Gasteiger partial charge in [-0.3, -0.25) is 9.59 Å². The van der Waals surface area contributed by atoms with Crippen LogP contribution >= 0.6 is 0 Å². The minimum Gasteiger partial charge on any atom is -0.355 e. The normalized spacial score (nSPS) is 29.8. The third-order valence-corrected chi connectivity index (χ3v) is 7.17. The van der Waals surface area contributed by atoms with E-state index in [0.29, 0.717) is 19.5 Å². The molecule has 5 nitrogen and oxygen atoms in total. The molecule has 0 unspecified atom stereocenters. The van der Waals surface area contributed by atoms with Gasteiger partial charge in [-0.05, 0) is 81.5 Å². The van der Waals surface area contributed by atoms with Crippen molar-refractivity contribution in [2.24, 2.45) is 23.2 Å². The maximum Gasteiger partial charge on any atom is 0.226 e. The molecule has 1 aromatic carbocycles. The number of amides is 2. The molecule has 0 saturated heterocycles. The molecule has 0 radical (unpaired) electrons. The molecule has 4 aliphatic carbocycles. The Bertz CT molecular complexity index is 706. The molecule has 4 saturated carbocycles. The van der Waals surface area contributed by atoms with E-state index in [1.807, 2.05) is 0 Å². The fourth-order valence-electron chi connectivity index (χ4n) is 6.28. The number of carbonyl (C=O) groups is 2. The van der Waals surface area contributed by atoms with Gasteiger partial charge in [-0.15, -0.1) is 0 Å². The molecule has 0 aromatic heterocycles. The van der Waals surface area contributed by atoms with Crippen LogP contribution in [0.1, 0.15) is 56.1 Å². The quantitative estimate of drug-likeness (QED) is 0.709. The molecular weight excluding hydrogens is 362 g/mol. The molecule has 29 heavy (non-hydrogen) atoms. The summed E-state index contributed by atoms with van der Waals surface area (Å²) >= 11 is 0. The topological polar surface area (TPSA) is 61.4 Å².